The third-order valence-electron chi connectivity index (χ3n) is 4.90. The number of benzene rings is 2. The molecule has 0 saturated carbocycles. The molecule has 1 saturated heterocycles. The van der Waals surface area contributed by atoms with Crippen molar-refractivity contribution < 1.29 is 14.3 Å². The molecule has 3 rings (SSSR count). The average Bonchev–Trinajstić information content (AvgIpc) is 2.68. The molecular weight excluding hydrogens is 364 g/mol. The fraction of sp³-hybridized carbons (Fsp3) is 0.381. The first-order valence-corrected chi connectivity index (χ1v) is 9.46. The van der Waals surface area contributed by atoms with Gasteiger partial charge in [0.1, 0.15) is 0 Å². The number of hydrogen-bond acceptors (Lipinski definition) is 4. The largest absolute Gasteiger partial charge is 0.493 e. The number of nitrogens with zero attached hydrogens (tertiary/aromatic N) is 1. The van der Waals surface area contributed by atoms with Gasteiger partial charge in [-0.2, -0.15) is 0 Å². The van der Waals surface area contributed by atoms with Gasteiger partial charge < -0.3 is 14.8 Å². The van der Waals surface area contributed by atoms with E-state index in [0.717, 1.165) is 43.2 Å². The van der Waals surface area contributed by atoms with Crippen LogP contribution in [0.4, 0.5) is 5.69 Å². The third kappa shape index (κ3) is 5.15. The fourth-order valence-electron chi connectivity index (χ4n) is 3.41. The van der Waals surface area contributed by atoms with Crippen LogP contribution < -0.4 is 14.8 Å². The van der Waals surface area contributed by atoms with E-state index in [1.54, 1.807) is 26.4 Å². The zero-order chi connectivity index (χ0) is 19.2. The summed E-state index contributed by atoms with van der Waals surface area (Å²) in [7, 11) is 3.17. The lowest BCUT2D eigenvalue weighted by Crippen LogP contribution is -2.37. The van der Waals surface area contributed by atoms with Gasteiger partial charge in [0, 0.05) is 29.2 Å². The van der Waals surface area contributed by atoms with Crippen molar-refractivity contribution in [2.75, 3.05) is 32.6 Å². The summed E-state index contributed by atoms with van der Waals surface area (Å²) in [5, 5.41) is 3.76. The number of nitrogens with one attached hydrogen (secondary N) is 1. The highest BCUT2D eigenvalue weighted by Gasteiger charge is 2.25. The van der Waals surface area contributed by atoms with E-state index in [1.165, 1.54) is 5.56 Å². The smallest absolute Gasteiger partial charge is 0.227 e. The van der Waals surface area contributed by atoms with Crippen LogP contribution in [0.25, 0.3) is 0 Å². The number of anilines is 1. The van der Waals surface area contributed by atoms with Crippen LogP contribution in [0.2, 0.25) is 5.02 Å². The second kappa shape index (κ2) is 9.11. The number of piperidine rings is 1. The first-order valence-electron chi connectivity index (χ1n) is 9.08. The van der Waals surface area contributed by atoms with Gasteiger partial charge in [0.05, 0.1) is 14.2 Å². The SMILES string of the molecule is COc1ccc(NC(=O)C2CCN(Cc3cccc(Cl)c3)CC2)cc1OC. The number of rotatable bonds is 6. The molecule has 27 heavy (non-hydrogen) atoms. The van der Waals surface area contributed by atoms with Crippen molar-refractivity contribution in [2.45, 2.75) is 19.4 Å². The van der Waals surface area contributed by atoms with Crippen LogP contribution in [0.15, 0.2) is 42.5 Å². The summed E-state index contributed by atoms with van der Waals surface area (Å²) in [5.74, 6) is 1.33. The van der Waals surface area contributed by atoms with E-state index in [9.17, 15) is 4.79 Å². The lowest BCUT2D eigenvalue weighted by atomic mass is 9.95. The lowest BCUT2D eigenvalue weighted by molar-refractivity contribution is -0.121. The Labute approximate surface area is 165 Å². The van der Waals surface area contributed by atoms with Crippen molar-refractivity contribution in [1.29, 1.82) is 0 Å². The number of carbonyl (C=O) groups is 1. The number of methoxy groups -OCH3 is 2. The second-order valence-corrected chi connectivity index (χ2v) is 7.18. The van der Waals surface area contributed by atoms with Crippen LogP contribution in [0, 0.1) is 5.92 Å². The molecule has 0 spiro atoms. The topological polar surface area (TPSA) is 50.8 Å². The van der Waals surface area contributed by atoms with Crippen molar-refractivity contribution in [3.05, 3.63) is 53.1 Å². The Kier molecular flexibility index (Phi) is 6.58. The Balaban J connectivity index is 1.52. The molecular formula is C21H25ClN2O3. The minimum atomic E-state index is 0.0220. The standard InChI is InChI=1S/C21H25ClN2O3/c1-26-19-7-6-18(13-20(19)27-2)23-21(25)16-8-10-24(11-9-16)14-15-4-3-5-17(22)12-15/h3-7,12-13,16H,8-11,14H2,1-2H3,(H,23,25). The Bertz CT molecular complexity index is 789. The van der Waals surface area contributed by atoms with Crippen LogP contribution in [-0.4, -0.2) is 38.1 Å². The molecule has 1 amide bonds. The number of hydrogen-bond donors (Lipinski definition) is 1. The van der Waals surface area contributed by atoms with Crippen molar-refractivity contribution in [3.8, 4) is 11.5 Å². The quantitative estimate of drug-likeness (QED) is 0.805. The molecule has 0 unspecified atom stereocenters. The summed E-state index contributed by atoms with van der Waals surface area (Å²) in [6.07, 6.45) is 1.69. The summed E-state index contributed by atoms with van der Waals surface area (Å²) in [6.45, 7) is 2.66. The van der Waals surface area contributed by atoms with E-state index in [-0.39, 0.29) is 11.8 Å². The number of carbonyl (C=O) groups excluding carboxylic acids is 1. The van der Waals surface area contributed by atoms with Crippen LogP contribution in [-0.2, 0) is 11.3 Å². The van der Waals surface area contributed by atoms with Crippen molar-refractivity contribution in [2.24, 2.45) is 5.92 Å². The van der Waals surface area contributed by atoms with E-state index in [2.05, 4.69) is 16.3 Å². The van der Waals surface area contributed by atoms with E-state index in [4.69, 9.17) is 21.1 Å². The first kappa shape index (κ1) is 19.5. The minimum Gasteiger partial charge on any atom is -0.493 e. The molecule has 1 N–H and O–H groups in total. The fourth-order valence-corrected chi connectivity index (χ4v) is 3.62. The summed E-state index contributed by atoms with van der Waals surface area (Å²) in [5.41, 5.74) is 1.93. The molecule has 0 bridgehead atoms. The highest BCUT2D eigenvalue weighted by molar-refractivity contribution is 6.30. The average molecular weight is 389 g/mol. The maximum absolute atomic E-state index is 12.6. The number of likely N-dealkylation sites (tertiary alicyclic amines) is 1. The molecule has 144 valence electrons. The zero-order valence-corrected chi connectivity index (χ0v) is 16.5. The normalized spacial score (nSPS) is 15.4. The summed E-state index contributed by atoms with van der Waals surface area (Å²) >= 11 is 6.06. The Morgan fingerprint density at radius 2 is 1.85 bits per heavy atom. The second-order valence-electron chi connectivity index (χ2n) is 6.74. The van der Waals surface area contributed by atoms with Crippen molar-refractivity contribution >= 4 is 23.2 Å². The first-order chi connectivity index (χ1) is 13.1. The van der Waals surface area contributed by atoms with E-state index < -0.39 is 0 Å². The van der Waals surface area contributed by atoms with Crippen LogP contribution >= 0.6 is 11.6 Å². The molecule has 0 radical (unpaired) electrons. The van der Waals surface area contributed by atoms with E-state index in [0.29, 0.717) is 11.5 Å². The molecule has 0 aromatic heterocycles. The molecule has 1 heterocycles. The predicted octanol–water partition coefficient (Wildman–Crippen LogP) is 4.21. The molecule has 0 aliphatic carbocycles. The summed E-state index contributed by atoms with van der Waals surface area (Å²) in [4.78, 5) is 15.0. The minimum absolute atomic E-state index is 0.0220. The Morgan fingerprint density at radius 1 is 1.11 bits per heavy atom. The third-order valence-corrected chi connectivity index (χ3v) is 5.14. The van der Waals surface area contributed by atoms with Crippen LogP contribution in [0.3, 0.4) is 0 Å². The molecule has 5 nitrogen and oxygen atoms in total. The molecule has 1 aliphatic rings. The van der Waals surface area contributed by atoms with Gasteiger partial charge in [-0.15, -0.1) is 0 Å². The van der Waals surface area contributed by atoms with E-state index in [1.807, 2.05) is 24.3 Å². The summed E-state index contributed by atoms with van der Waals surface area (Å²) in [6, 6.07) is 13.3. The molecule has 0 atom stereocenters. The maximum Gasteiger partial charge on any atom is 0.227 e. The van der Waals surface area contributed by atoms with Crippen LogP contribution in [0.5, 0.6) is 11.5 Å². The molecule has 2 aromatic carbocycles. The van der Waals surface area contributed by atoms with Crippen molar-refractivity contribution in [1.82, 2.24) is 4.90 Å². The van der Waals surface area contributed by atoms with Gasteiger partial charge in [0.25, 0.3) is 0 Å². The van der Waals surface area contributed by atoms with Gasteiger partial charge in [0.2, 0.25) is 5.91 Å². The number of halogens is 1. The monoisotopic (exact) mass is 388 g/mol. The van der Waals surface area contributed by atoms with Crippen molar-refractivity contribution in [3.63, 3.8) is 0 Å². The predicted molar refractivity (Wildman–Crippen MR) is 108 cm³/mol. The molecule has 2 aromatic rings. The van der Waals surface area contributed by atoms with Gasteiger partial charge >= 0.3 is 0 Å². The molecule has 1 aliphatic heterocycles. The highest BCUT2D eigenvalue weighted by atomic mass is 35.5. The number of amides is 1. The highest BCUT2D eigenvalue weighted by Crippen LogP contribution is 2.30. The maximum atomic E-state index is 12.6. The Hall–Kier alpha value is -2.24. The molecule has 6 heteroatoms. The van der Waals surface area contributed by atoms with Gasteiger partial charge in [-0.25, -0.2) is 0 Å². The van der Waals surface area contributed by atoms with Gasteiger partial charge in [-0.1, -0.05) is 23.7 Å². The summed E-state index contributed by atoms with van der Waals surface area (Å²) < 4.78 is 10.5. The Morgan fingerprint density at radius 3 is 2.52 bits per heavy atom. The number of ether oxygens (including phenoxy) is 2. The van der Waals surface area contributed by atoms with E-state index >= 15 is 0 Å². The van der Waals surface area contributed by atoms with Crippen LogP contribution in [0.1, 0.15) is 18.4 Å². The van der Waals surface area contributed by atoms with Gasteiger partial charge in [-0.3, -0.25) is 9.69 Å². The van der Waals surface area contributed by atoms with Gasteiger partial charge in [-0.05, 0) is 55.8 Å². The molecule has 1 fully saturated rings. The lowest BCUT2D eigenvalue weighted by Gasteiger charge is -2.31. The zero-order valence-electron chi connectivity index (χ0n) is 15.7. The van der Waals surface area contributed by atoms with Gasteiger partial charge in [0.15, 0.2) is 11.5 Å².